The maximum absolute atomic E-state index is 11.8. The maximum Gasteiger partial charge on any atom is 0.407 e. The number of hydrogen-bond acceptors (Lipinski definition) is 7. The van der Waals surface area contributed by atoms with Crippen molar-refractivity contribution in [1.82, 2.24) is 15.3 Å². The first kappa shape index (κ1) is 20.8. The van der Waals surface area contributed by atoms with Crippen molar-refractivity contribution in [2.24, 2.45) is 0 Å². The van der Waals surface area contributed by atoms with Gasteiger partial charge in [-0.3, -0.25) is 0 Å². The van der Waals surface area contributed by atoms with Crippen LogP contribution in [0.3, 0.4) is 0 Å². The van der Waals surface area contributed by atoms with E-state index in [-0.39, 0.29) is 5.28 Å². The van der Waals surface area contributed by atoms with Crippen LogP contribution in [0.2, 0.25) is 5.28 Å². The molecule has 0 bridgehead atoms. The standard InChI is InChI=1S/C19H23ClN4O2S2/c1-11-13(7-8-21-18(25)26-19(2,3)4)28-15-14(11)23-17(20)24-16(15)22-10-12-6-5-9-27-12/h5-6,9H,7-8,10H2,1-4H3,(H,21,25)(H,22,23,24). The van der Waals surface area contributed by atoms with Gasteiger partial charge in [0.15, 0.2) is 0 Å². The Bertz CT molecular complexity index is 965. The summed E-state index contributed by atoms with van der Waals surface area (Å²) >= 11 is 9.46. The molecular formula is C19H23ClN4O2S2. The summed E-state index contributed by atoms with van der Waals surface area (Å²) in [4.78, 5) is 23.0. The molecule has 1 amide bonds. The molecule has 0 aliphatic rings. The molecule has 0 unspecified atom stereocenters. The molecule has 3 heterocycles. The zero-order chi connectivity index (χ0) is 20.3. The van der Waals surface area contributed by atoms with Crippen LogP contribution < -0.4 is 10.6 Å². The molecule has 28 heavy (non-hydrogen) atoms. The largest absolute Gasteiger partial charge is 0.444 e. The lowest BCUT2D eigenvalue weighted by Gasteiger charge is -2.19. The number of hydrogen-bond donors (Lipinski definition) is 2. The van der Waals surface area contributed by atoms with Gasteiger partial charge in [0.25, 0.3) is 0 Å². The fourth-order valence-corrected chi connectivity index (χ4v) is 4.66. The van der Waals surface area contributed by atoms with Crippen molar-refractivity contribution in [3.05, 3.63) is 38.1 Å². The number of rotatable bonds is 6. The van der Waals surface area contributed by atoms with Crippen LogP contribution in [-0.4, -0.2) is 28.2 Å². The lowest BCUT2D eigenvalue weighted by molar-refractivity contribution is 0.0528. The molecule has 0 aliphatic carbocycles. The summed E-state index contributed by atoms with van der Waals surface area (Å²) in [6, 6.07) is 4.10. The molecule has 3 rings (SSSR count). The summed E-state index contributed by atoms with van der Waals surface area (Å²) in [6.07, 6.45) is 0.279. The molecule has 0 saturated carbocycles. The summed E-state index contributed by atoms with van der Waals surface area (Å²) in [7, 11) is 0. The Hall–Kier alpha value is -1.90. The second kappa shape index (κ2) is 8.63. The number of nitrogens with one attached hydrogen (secondary N) is 2. The number of nitrogens with zero attached hydrogens (tertiary/aromatic N) is 2. The number of aryl methyl sites for hydroxylation is 1. The van der Waals surface area contributed by atoms with Gasteiger partial charge in [-0.2, -0.15) is 4.98 Å². The number of anilines is 1. The van der Waals surface area contributed by atoms with Gasteiger partial charge in [-0.25, -0.2) is 9.78 Å². The van der Waals surface area contributed by atoms with Gasteiger partial charge in [0.2, 0.25) is 5.28 Å². The van der Waals surface area contributed by atoms with Gasteiger partial charge < -0.3 is 15.4 Å². The SMILES string of the molecule is Cc1c(CCNC(=O)OC(C)(C)C)sc2c(NCc3cccs3)nc(Cl)nc12. The second-order valence-corrected chi connectivity index (χ2v) is 9.76. The minimum Gasteiger partial charge on any atom is -0.444 e. The average Bonchev–Trinajstić information content (AvgIpc) is 3.21. The van der Waals surface area contributed by atoms with E-state index in [9.17, 15) is 4.79 Å². The Morgan fingerprint density at radius 2 is 2.11 bits per heavy atom. The van der Waals surface area contributed by atoms with Crippen LogP contribution in [0.1, 0.15) is 36.1 Å². The molecule has 0 atom stereocenters. The van der Waals surface area contributed by atoms with Gasteiger partial charge in [0, 0.05) is 16.3 Å². The molecule has 0 saturated heterocycles. The van der Waals surface area contributed by atoms with E-state index in [1.165, 1.54) is 4.88 Å². The van der Waals surface area contributed by atoms with E-state index in [2.05, 4.69) is 26.7 Å². The molecule has 6 nitrogen and oxygen atoms in total. The Morgan fingerprint density at radius 3 is 2.79 bits per heavy atom. The first-order chi connectivity index (χ1) is 13.2. The summed E-state index contributed by atoms with van der Waals surface area (Å²) in [6.45, 7) is 8.73. The van der Waals surface area contributed by atoms with E-state index in [1.807, 2.05) is 39.1 Å². The van der Waals surface area contributed by atoms with Crippen LogP contribution in [0.25, 0.3) is 10.2 Å². The topological polar surface area (TPSA) is 76.1 Å². The molecule has 0 aliphatic heterocycles. The smallest absolute Gasteiger partial charge is 0.407 e. The van der Waals surface area contributed by atoms with Crippen LogP contribution in [-0.2, 0) is 17.7 Å². The van der Waals surface area contributed by atoms with E-state index >= 15 is 0 Å². The zero-order valence-electron chi connectivity index (χ0n) is 16.3. The third-order valence-electron chi connectivity index (χ3n) is 3.87. The van der Waals surface area contributed by atoms with Gasteiger partial charge in [0.1, 0.15) is 11.4 Å². The van der Waals surface area contributed by atoms with Crippen molar-refractivity contribution < 1.29 is 9.53 Å². The fourth-order valence-electron chi connectivity index (χ4n) is 2.64. The Labute approximate surface area is 177 Å². The van der Waals surface area contributed by atoms with Crippen molar-refractivity contribution in [2.75, 3.05) is 11.9 Å². The first-order valence-corrected chi connectivity index (χ1v) is 11.0. The number of ether oxygens (including phenoxy) is 1. The lowest BCUT2D eigenvalue weighted by Crippen LogP contribution is -2.33. The number of fused-ring (bicyclic) bond motifs is 1. The highest BCUT2D eigenvalue weighted by molar-refractivity contribution is 7.19. The molecule has 3 aromatic heterocycles. The quantitative estimate of drug-likeness (QED) is 0.504. The van der Waals surface area contributed by atoms with Crippen molar-refractivity contribution in [1.29, 1.82) is 0 Å². The van der Waals surface area contributed by atoms with E-state index in [0.717, 1.165) is 26.5 Å². The average molecular weight is 439 g/mol. The number of aromatic nitrogens is 2. The lowest BCUT2D eigenvalue weighted by atomic mass is 10.2. The van der Waals surface area contributed by atoms with Gasteiger partial charge in [-0.05, 0) is 62.7 Å². The van der Waals surface area contributed by atoms with Gasteiger partial charge in [0.05, 0.1) is 16.8 Å². The highest BCUT2D eigenvalue weighted by Crippen LogP contribution is 2.35. The minimum absolute atomic E-state index is 0.223. The van der Waals surface area contributed by atoms with E-state index in [1.54, 1.807) is 22.7 Å². The highest BCUT2D eigenvalue weighted by Gasteiger charge is 2.18. The van der Waals surface area contributed by atoms with Crippen molar-refractivity contribution in [2.45, 2.75) is 46.3 Å². The van der Waals surface area contributed by atoms with Crippen LogP contribution in [0, 0.1) is 6.92 Å². The third-order valence-corrected chi connectivity index (χ3v) is 6.26. The molecular weight excluding hydrogens is 416 g/mol. The Morgan fingerprint density at radius 1 is 1.32 bits per heavy atom. The first-order valence-electron chi connectivity index (χ1n) is 8.91. The third kappa shape index (κ3) is 5.33. The van der Waals surface area contributed by atoms with Gasteiger partial charge in [-0.1, -0.05) is 6.07 Å². The molecule has 3 aromatic rings. The minimum atomic E-state index is -0.507. The molecule has 0 spiro atoms. The number of carbonyl (C=O) groups is 1. The fraction of sp³-hybridized carbons (Fsp3) is 0.421. The number of alkyl carbamates (subject to hydrolysis) is 1. The summed E-state index contributed by atoms with van der Waals surface area (Å²) in [5.41, 5.74) is 1.41. The summed E-state index contributed by atoms with van der Waals surface area (Å²) in [5.74, 6) is 0.739. The van der Waals surface area contributed by atoms with Crippen LogP contribution in [0.4, 0.5) is 10.6 Å². The molecule has 0 radical (unpaired) electrons. The molecule has 9 heteroatoms. The van der Waals surface area contributed by atoms with Crippen molar-refractivity contribution >= 4 is 56.4 Å². The number of carbonyl (C=O) groups excluding carboxylic acids is 1. The van der Waals surface area contributed by atoms with Gasteiger partial charge in [-0.15, -0.1) is 22.7 Å². The van der Waals surface area contributed by atoms with Crippen LogP contribution >= 0.6 is 34.3 Å². The second-order valence-electron chi connectivity index (χ2n) is 7.28. The predicted octanol–water partition coefficient (Wildman–Crippen LogP) is 5.39. The molecule has 150 valence electrons. The van der Waals surface area contributed by atoms with Crippen LogP contribution in [0.15, 0.2) is 17.5 Å². The monoisotopic (exact) mass is 438 g/mol. The van der Waals surface area contributed by atoms with Crippen molar-refractivity contribution in [3.8, 4) is 0 Å². The summed E-state index contributed by atoms with van der Waals surface area (Å²) < 4.78 is 6.25. The van der Waals surface area contributed by atoms with Crippen LogP contribution in [0.5, 0.6) is 0 Å². The number of amides is 1. The number of thiophene rings is 2. The molecule has 2 N–H and O–H groups in total. The zero-order valence-corrected chi connectivity index (χ0v) is 18.6. The maximum atomic E-state index is 11.8. The Balaban J connectivity index is 1.72. The number of halogens is 1. The normalized spacial score (nSPS) is 11.6. The molecule has 0 fully saturated rings. The van der Waals surface area contributed by atoms with E-state index in [4.69, 9.17) is 16.3 Å². The Kier molecular flexibility index (Phi) is 6.42. The van der Waals surface area contributed by atoms with Crippen molar-refractivity contribution in [3.63, 3.8) is 0 Å². The van der Waals surface area contributed by atoms with E-state index in [0.29, 0.717) is 19.5 Å². The predicted molar refractivity (Wildman–Crippen MR) is 117 cm³/mol. The van der Waals surface area contributed by atoms with E-state index < -0.39 is 11.7 Å². The summed E-state index contributed by atoms with van der Waals surface area (Å²) in [5, 5.41) is 8.43. The van der Waals surface area contributed by atoms with Gasteiger partial charge >= 0.3 is 6.09 Å². The molecule has 0 aromatic carbocycles. The highest BCUT2D eigenvalue weighted by atomic mass is 35.5.